The van der Waals surface area contributed by atoms with Crippen LogP contribution in [0.25, 0.3) is 0 Å². The van der Waals surface area contributed by atoms with Crippen LogP contribution < -0.4 is 0 Å². The summed E-state index contributed by atoms with van der Waals surface area (Å²) in [5, 5.41) is 0. The Kier molecular flexibility index (Phi) is 4.83. The zero-order valence-corrected chi connectivity index (χ0v) is 10.5. The molecule has 1 rings (SSSR count). The maximum Gasteiger partial charge on any atom is 0.0845 e. The van der Waals surface area contributed by atoms with Gasteiger partial charge in [-0.1, -0.05) is 6.07 Å². The van der Waals surface area contributed by atoms with E-state index in [-0.39, 0.29) is 0 Å². The summed E-state index contributed by atoms with van der Waals surface area (Å²) >= 11 is 0. The SMILES string of the molecule is CC/N=C(\C)c1cccc(/C(C)=N/CC)n1. The van der Waals surface area contributed by atoms with Crippen molar-refractivity contribution >= 4 is 11.4 Å². The molecule has 0 aliphatic heterocycles. The summed E-state index contributed by atoms with van der Waals surface area (Å²) in [6.07, 6.45) is 0. The molecule has 0 atom stereocenters. The first-order valence-electron chi connectivity index (χ1n) is 5.69. The van der Waals surface area contributed by atoms with Gasteiger partial charge in [0.25, 0.3) is 0 Å². The lowest BCUT2D eigenvalue weighted by molar-refractivity contribution is 1.10. The molecule has 0 saturated heterocycles. The fourth-order valence-corrected chi connectivity index (χ4v) is 1.47. The fourth-order valence-electron chi connectivity index (χ4n) is 1.47. The maximum absolute atomic E-state index is 4.55. The van der Waals surface area contributed by atoms with Gasteiger partial charge in [0.1, 0.15) is 0 Å². The van der Waals surface area contributed by atoms with Crippen molar-refractivity contribution in [2.75, 3.05) is 13.1 Å². The van der Waals surface area contributed by atoms with Crippen molar-refractivity contribution < 1.29 is 0 Å². The second kappa shape index (κ2) is 6.16. The van der Waals surface area contributed by atoms with Gasteiger partial charge in [-0.05, 0) is 39.8 Å². The molecule has 0 spiro atoms. The van der Waals surface area contributed by atoms with E-state index in [2.05, 4.69) is 15.0 Å². The summed E-state index contributed by atoms with van der Waals surface area (Å²) in [5.41, 5.74) is 3.83. The van der Waals surface area contributed by atoms with Crippen LogP contribution in [0.3, 0.4) is 0 Å². The monoisotopic (exact) mass is 217 g/mol. The molecule has 0 aliphatic rings. The second-order valence-electron chi connectivity index (χ2n) is 3.53. The minimum atomic E-state index is 0.791. The summed E-state index contributed by atoms with van der Waals surface area (Å²) < 4.78 is 0. The molecule has 86 valence electrons. The van der Waals surface area contributed by atoms with Gasteiger partial charge < -0.3 is 0 Å². The topological polar surface area (TPSA) is 37.6 Å². The zero-order chi connectivity index (χ0) is 12.0. The van der Waals surface area contributed by atoms with E-state index >= 15 is 0 Å². The molecule has 1 heterocycles. The smallest absolute Gasteiger partial charge is 0.0845 e. The molecule has 0 aromatic carbocycles. The number of aliphatic imine (C=N–C) groups is 2. The maximum atomic E-state index is 4.55. The summed E-state index contributed by atoms with van der Waals surface area (Å²) in [6.45, 7) is 9.61. The molecule has 0 bridgehead atoms. The van der Waals surface area contributed by atoms with Crippen LogP contribution >= 0.6 is 0 Å². The van der Waals surface area contributed by atoms with Gasteiger partial charge in [0.2, 0.25) is 0 Å². The van der Waals surface area contributed by atoms with E-state index in [1.807, 2.05) is 45.9 Å². The van der Waals surface area contributed by atoms with Crippen LogP contribution in [0.15, 0.2) is 28.2 Å². The van der Waals surface area contributed by atoms with Crippen molar-refractivity contribution in [1.29, 1.82) is 0 Å². The Morgan fingerprint density at radius 2 is 1.44 bits per heavy atom. The third-order valence-electron chi connectivity index (χ3n) is 2.28. The van der Waals surface area contributed by atoms with Crippen molar-refractivity contribution in [1.82, 2.24) is 4.98 Å². The molecule has 16 heavy (non-hydrogen) atoms. The molecule has 0 amide bonds. The minimum Gasteiger partial charge on any atom is -0.288 e. The number of pyridine rings is 1. The van der Waals surface area contributed by atoms with Crippen LogP contribution in [-0.4, -0.2) is 29.5 Å². The number of rotatable bonds is 4. The van der Waals surface area contributed by atoms with Crippen LogP contribution in [0, 0.1) is 0 Å². The molecular formula is C13H19N3. The van der Waals surface area contributed by atoms with Gasteiger partial charge in [-0.2, -0.15) is 0 Å². The Hall–Kier alpha value is -1.51. The highest BCUT2D eigenvalue weighted by Gasteiger charge is 2.02. The number of hydrogen-bond acceptors (Lipinski definition) is 3. The van der Waals surface area contributed by atoms with Gasteiger partial charge >= 0.3 is 0 Å². The van der Waals surface area contributed by atoms with E-state index in [4.69, 9.17) is 0 Å². The van der Waals surface area contributed by atoms with E-state index < -0.39 is 0 Å². The lowest BCUT2D eigenvalue weighted by atomic mass is 10.2. The van der Waals surface area contributed by atoms with E-state index in [1.165, 1.54) is 0 Å². The fraction of sp³-hybridized carbons (Fsp3) is 0.462. The lowest BCUT2D eigenvalue weighted by Gasteiger charge is -2.03. The summed E-state index contributed by atoms with van der Waals surface area (Å²) in [7, 11) is 0. The highest BCUT2D eigenvalue weighted by Crippen LogP contribution is 2.03. The largest absolute Gasteiger partial charge is 0.288 e. The number of aromatic nitrogens is 1. The van der Waals surface area contributed by atoms with Gasteiger partial charge in [0.15, 0.2) is 0 Å². The van der Waals surface area contributed by atoms with Crippen LogP contribution in [0.2, 0.25) is 0 Å². The molecule has 1 aromatic heterocycles. The molecule has 3 heteroatoms. The van der Waals surface area contributed by atoms with Gasteiger partial charge in [-0.3, -0.25) is 9.98 Å². The first kappa shape index (κ1) is 12.6. The Morgan fingerprint density at radius 1 is 1.00 bits per heavy atom. The zero-order valence-electron chi connectivity index (χ0n) is 10.5. The average molecular weight is 217 g/mol. The molecule has 3 nitrogen and oxygen atoms in total. The summed E-state index contributed by atoms with van der Waals surface area (Å²) in [4.78, 5) is 13.3. The predicted octanol–water partition coefficient (Wildman–Crippen LogP) is 2.74. The Labute approximate surface area is 97.4 Å². The molecule has 0 N–H and O–H groups in total. The van der Waals surface area contributed by atoms with E-state index in [1.54, 1.807) is 0 Å². The van der Waals surface area contributed by atoms with Crippen molar-refractivity contribution in [2.45, 2.75) is 27.7 Å². The van der Waals surface area contributed by atoms with Crippen molar-refractivity contribution in [3.05, 3.63) is 29.6 Å². The van der Waals surface area contributed by atoms with E-state index in [9.17, 15) is 0 Å². The Bertz CT molecular complexity index is 370. The second-order valence-corrected chi connectivity index (χ2v) is 3.53. The van der Waals surface area contributed by atoms with Gasteiger partial charge in [-0.15, -0.1) is 0 Å². The quantitative estimate of drug-likeness (QED) is 0.714. The van der Waals surface area contributed by atoms with Crippen LogP contribution in [0.4, 0.5) is 0 Å². The van der Waals surface area contributed by atoms with Gasteiger partial charge in [0.05, 0.1) is 22.8 Å². The highest BCUT2D eigenvalue weighted by atomic mass is 14.8. The molecule has 0 radical (unpaired) electrons. The number of nitrogens with zero attached hydrogens (tertiary/aromatic N) is 3. The first-order chi connectivity index (χ1) is 7.69. The minimum absolute atomic E-state index is 0.791. The van der Waals surface area contributed by atoms with Crippen LogP contribution in [0.1, 0.15) is 39.1 Å². The van der Waals surface area contributed by atoms with Crippen LogP contribution in [-0.2, 0) is 0 Å². The Balaban J connectivity index is 3.04. The highest BCUT2D eigenvalue weighted by molar-refractivity contribution is 6.00. The van der Waals surface area contributed by atoms with E-state index in [0.717, 1.165) is 35.9 Å². The van der Waals surface area contributed by atoms with Crippen molar-refractivity contribution in [3.8, 4) is 0 Å². The third-order valence-corrected chi connectivity index (χ3v) is 2.28. The predicted molar refractivity (Wildman–Crippen MR) is 69.7 cm³/mol. The molecule has 0 saturated carbocycles. The van der Waals surface area contributed by atoms with Crippen LogP contribution in [0.5, 0.6) is 0 Å². The van der Waals surface area contributed by atoms with Gasteiger partial charge in [0, 0.05) is 13.1 Å². The normalized spacial score (nSPS) is 13.0. The molecule has 0 aliphatic carbocycles. The first-order valence-corrected chi connectivity index (χ1v) is 5.69. The molecule has 0 unspecified atom stereocenters. The van der Waals surface area contributed by atoms with E-state index in [0.29, 0.717) is 0 Å². The molecular weight excluding hydrogens is 198 g/mol. The molecule has 0 fully saturated rings. The summed E-state index contributed by atoms with van der Waals surface area (Å²) in [6, 6.07) is 5.97. The summed E-state index contributed by atoms with van der Waals surface area (Å²) in [5.74, 6) is 0. The number of hydrogen-bond donors (Lipinski definition) is 0. The lowest BCUT2D eigenvalue weighted by Crippen LogP contribution is -2.05. The standard InChI is InChI=1S/C13H19N3/c1-5-14-10(3)12-8-7-9-13(16-12)11(4)15-6-2/h7-9H,5-6H2,1-4H3/b14-10+,15-11+. The molecule has 1 aromatic rings. The average Bonchev–Trinajstić information content (AvgIpc) is 2.30. The van der Waals surface area contributed by atoms with Crippen molar-refractivity contribution in [3.63, 3.8) is 0 Å². The third kappa shape index (κ3) is 3.26. The van der Waals surface area contributed by atoms with Crippen molar-refractivity contribution in [2.24, 2.45) is 9.98 Å². The Morgan fingerprint density at radius 3 is 1.81 bits per heavy atom. The van der Waals surface area contributed by atoms with Gasteiger partial charge in [-0.25, -0.2) is 4.98 Å².